The predicted molar refractivity (Wildman–Crippen MR) is 159 cm³/mol. The van der Waals surface area contributed by atoms with Crippen LogP contribution in [0.5, 0.6) is 5.75 Å². The number of benzene rings is 2. The average molecular weight is 591 g/mol. The first-order valence-corrected chi connectivity index (χ1v) is 13.4. The first kappa shape index (κ1) is 30.0. The Morgan fingerprint density at radius 3 is 2.62 bits per heavy atom. The van der Waals surface area contributed by atoms with Gasteiger partial charge in [0, 0.05) is 16.8 Å². The van der Waals surface area contributed by atoms with Gasteiger partial charge in [0.15, 0.2) is 11.7 Å². The van der Waals surface area contributed by atoms with E-state index in [-0.39, 0.29) is 13.2 Å². The number of thiocarbonyl (C=S) groups is 1. The monoisotopic (exact) mass is 590 g/mol. The van der Waals surface area contributed by atoms with E-state index < -0.39 is 23.9 Å². The molecule has 12 heteroatoms. The fourth-order valence-corrected chi connectivity index (χ4v) is 4.62. The molecule has 0 radical (unpaired) electrons. The summed E-state index contributed by atoms with van der Waals surface area (Å²) >= 11 is 5.30. The van der Waals surface area contributed by atoms with Crippen molar-refractivity contribution in [2.75, 3.05) is 20.3 Å². The second kappa shape index (κ2) is 13.6. The molecule has 1 aromatic heterocycles. The van der Waals surface area contributed by atoms with Crippen LogP contribution in [-0.2, 0) is 19.1 Å². The number of nitrogens with one attached hydrogen (secondary N) is 3. The van der Waals surface area contributed by atoms with E-state index in [0.29, 0.717) is 44.8 Å². The molecule has 3 aromatic rings. The number of esters is 2. The fourth-order valence-electron chi connectivity index (χ4n) is 4.35. The van der Waals surface area contributed by atoms with Gasteiger partial charge in [-0.05, 0) is 68.9 Å². The Morgan fingerprint density at radius 2 is 1.88 bits per heavy atom. The van der Waals surface area contributed by atoms with Crippen LogP contribution in [0.25, 0.3) is 11.3 Å². The summed E-state index contributed by atoms with van der Waals surface area (Å²) in [6, 6.07) is 15.0. The standard InChI is InChI=1S/C30H30N4O7S/c1-5-39-29(37)26-18(3)32-30(42)33-27(26)22-8-6-7-9-23(22)40-16-25(35)34-31-15-20-11-13-24(41-20)21-12-10-19(14-17(21)2)28(36)38-4/h6-15,27H,5,16H2,1-4H3,(H,34,35)(H2,32,33,42)/t27-/m1/s1. The summed E-state index contributed by atoms with van der Waals surface area (Å²) in [4.78, 5) is 37.0. The molecule has 1 aliphatic heterocycles. The van der Waals surface area contributed by atoms with Gasteiger partial charge in [-0.15, -0.1) is 0 Å². The molecular formula is C30H30N4O7S. The number of carbonyl (C=O) groups excluding carboxylic acids is 3. The lowest BCUT2D eigenvalue weighted by molar-refractivity contribution is -0.139. The normalized spacial score (nSPS) is 14.7. The maximum atomic E-state index is 12.7. The number of hydrogen-bond donors (Lipinski definition) is 3. The highest BCUT2D eigenvalue weighted by Crippen LogP contribution is 2.33. The number of furan rings is 1. The van der Waals surface area contributed by atoms with Crippen LogP contribution in [-0.4, -0.2) is 49.5 Å². The molecule has 0 fully saturated rings. The zero-order valence-corrected chi connectivity index (χ0v) is 24.3. The maximum Gasteiger partial charge on any atom is 0.338 e. The summed E-state index contributed by atoms with van der Waals surface area (Å²) in [5.74, 6) is -0.0333. The van der Waals surface area contributed by atoms with Crippen molar-refractivity contribution >= 4 is 41.4 Å². The highest BCUT2D eigenvalue weighted by Gasteiger charge is 2.32. The first-order chi connectivity index (χ1) is 20.2. The Labute approximate surface area is 247 Å². The molecule has 0 saturated heterocycles. The fraction of sp³-hybridized carbons (Fsp3) is 0.233. The number of allylic oxidation sites excluding steroid dienone is 1. The van der Waals surface area contributed by atoms with Gasteiger partial charge < -0.3 is 29.3 Å². The minimum atomic E-state index is -0.636. The van der Waals surface area contributed by atoms with Gasteiger partial charge in [-0.3, -0.25) is 4.79 Å². The van der Waals surface area contributed by atoms with Gasteiger partial charge in [0.1, 0.15) is 17.3 Å². The molecular weight excluding hydrogens is 560 g/mol. The number of amides is 1. The molecule has 0 unspecified atom stereocenters. The van der Waals surface area contributed by atoms with Crippen LogP contribution in [0, 0.1) is 6.92 Å². The smallest absolute Gasteiger partial charge is 0.338 e. The number of carbonyl (C=O) groups is 3. The van der Waals surface area contributed by atoms with E-state index in [9.17, 15) is 14.4 Å². The van der Waals surface area contributed by atoms with E-state index in [2.05, 4.69) is 21.2 Å². The van der Waals surface area contributed by atoms with Gasteiger partial charge in [0.2, 0.25) is 0 Å². The van der Waals surface area contributed by atoms with Crippen molar-refractivity contribution in [3.63, 3.8) is 0 Å². The maximum absolute atomic E-state index is 12.7. The summed E-state index contributed by atoms with van der Waals surface area (Å²) in [5, 5.41) is 10.3. The van der Waals surface area contributed by atoms with Crippen LogP contribution in [0.15, 0.2) is 75.4 Å². The summed E-state index contributed by atoms with van der Waals surface area (Å²) < 4.78 is 21.6. The topological polar surface area (TPSA) is 140 Å². The molecule has 2 aromatic carbocycles. The zero-order chi connectivity index (χ0) is 30.2. The second-order valence-electron chi connectivity index (χ2n) is 9.13. The minimum Gasteiger partial charge on any atom is -0.483 e. The lowest BCUT2D eigenvalue weighted by atomic mass is 9.95. The average Bonchev–Trinajstić information content (AvgIpc) is 3.43. The molecule has 1 amide bonds. The summed E-state index contributed by atoms with van der Waals surface area (Å²) in [6.45, 7) is 5.21. The van der Waals surface area contributed by atoms with E-state index in [1.165, 1.54) is 13.3 Å². The van der Waals surface area contributed by atoms with E-state index >= 15 is 0 Å². The Balaban J connectivity index is 1.39. The van der Waals surface area contributed by atoms with Crippen LogP contribution < -0.4 is 20.8 Å². The molecule has 1 atom stereocenters. The summed E-state index contributed by atoms with van der Waals surface area (Å²) in [6.07, 6.45) is 1.37. The Bertz CT molecular complexity index is 1580. The van der Waals surface area contributed by atoms with Gasteiger partial charge >= 0.3 is 11.9 Å². The number of hydrazone groups is 1. The highest BCUT2D eigenvalue weighted by molar-refractivity contribution is 7.80. The van der Waals surface area contributed by atoms with Gasteiger partial charge in [-0.2, -0.15) is 5.10 Å². The second-order valence-corrected chi connectivity index (χ2v) is 9.54. The molecule has 42 heavy (non-hydrogen) atoms. The van der Waals surface area contributed by atoms with Gasteiger partial charge in [0.05, 0.1) is 37.1 Å². The predicted octanol–water partition coefficient (Wildman–Crippen LogP) is 3.93. The Morgan fingerprint density at radius 1 is 1.10 bits per heavy atom. The Hall–Kier alpha value is -4.97. The SMILES string of the molecule is CCOC(=O)C1=C(C)NC(=S)N[C@@H]1c1ccccc1OCC(=O)NN=Cc1ccc(-c2ccc(C(=O)OC)cc2C)o1. The molecule has 4 rings (SSSR count). The van der Waals surface area contributed by atoms with Crippen molar-refractivity contribution in [2.45, 2.75) is 26.8 Å². The third-order valence-corrected chi connectivity index (χ3v) is 6.49. The molecule has 3 N–H and O–H groups in total. The summed E-state index contributed by atoms with van der Waals surface area (Å²) in [7, 11) is 1.33. The number of rotatable bonds is 10. The lowest BCUT2D eigenvalue weighted by Gasteiger charge is -2.30. The van der Waals surface area contributed by atoms with Crippen LogP contribution in [0.1, 0.15) is 47.1 Å². The van der Waals surface area contributed by atoms with E-state index in [0.717, 1.165) is 11.1 Å². The quantitative estimate of drug-likeness (QED) is 0.138. The summed E-state index contributed by atoms with van der Waals surface area (Å²) in [5.41, 5.74) is 6.04. The first-order valence-electron chi connectivity index (χ1n) is 13.0. The van der Waals surface area contributed by atoms with Crippen molar-refractivity contribution in [1.29, 1.82) is 0 Å². The van der Waals surface area contributed by atoms with Crippen LogP contribution in [0.3, 0.4) is 0 Å². The van der Waals surface area contributed by atoms with Gasteiger partial charge in [-0.1, -0.05) is 24.3 Å². The Kier molecular flexibility index (Phi) is 9.71. The number of para-hydroxylation sites is 1. The lowest BCUT2D eigenvalue weighted by Crippen LogP contribution is -2.45. The highest BCUT2D eigenvalue weighted by atomic mass is 32.1. The minimum absolute atomic E-state index is 0.217. The third-order valence-electron chi connectivity index (χ3n) is 6.27. The number of nitrogens with zero attached hydrogens (tertiary/aromatic N) is 1. The van der Waals surface area contributed by atoms with Crippen molar-refractivity contribution in [1.82, 2.24) is 16.1 Å². The van der Waals surface area contributed by atoms with E-state index in [4.69, 9.17) is 30.8 Å². The molecule has 0 spiro atoms. The van der Waals surface area contributed by atoms with Crippen molar-refractivity contribution in [2.24, 2.45) is 5.10 Å². The van der Waals surface area contributed by atoms with Crippen molar-refractivity contribution < 1.29 is 33.0 Å². The molecule has 0 bridgehead atoms. The number of ether oxygens (including phenoxy) is 3. The molecule has 11 nitrogen and oxygen atoms in total. The van der Waals surface area contributed by atoms with Gasteiger partial charge in [-0.25, -0.2) is 15.0 Å². The molecule has 0 saturated carbocycles. The van der Waals surface area contributed by atoms with Crippen LogP contribution >= 0.6 is 12.2 Å². The van der Waals surface area contributed by atoms with Crippen molar-refractivity contribution in [3.8, 4) is 17.1 Å². The number of methoxy groups -OCH3 is 1. The number of aryl methyl sites for hydroxylation is 1. The zero-order valence-electron chi connectivity index (χ0n) is 23.5. The number of hydrogen-bond acceptors (Lipinski definition) is 9. The van der Waals surface area contributed by atoms with Crippen LogP contribution in [0.4, 0.5) is 0 Å². The van der Waals surface area contributed by atoms with Gasteiger partial charge in [0.25, 0.3) is 5.91 Å². The molecule has 218 valence electrons. The molecule has 1 aliphatic rings. The largest absolute Gasteiger partial charge is 0.483 e. The molecule has 2 heterocycles. The van der Waals surface area contributed by atoms with Crippen molar-refractivity contribution in [3.05, 3.63) is 88.3 Å². The van der Waals surface area contributed by atoms with E-state index in [1.807, 2.05) is 6.92 Å². The molecule has 0 aliphatic carbocycles. The third kappa shape index (κ3) is 7.02. The van der Waals surface area contributed by atoms with E-state index in [1.54, 1.807) is 68.4 Å². The van der Waals surface area contributed by atoms with Crippen LogP contribution in [0.2, 0.25) is 0 Å².